The van der Waals surface area contributed by atoms with Crippen LogP contribution in [0.25, 0.3) is 0 Å². The Morgan fingerprint density at radius 3 is 2.71 bits per heavy atom. The van der Waals surface area contributed by atoms with Crippen molar-refractivity contribution in [2.24, 2.45) is 5.73 Å². The van der Waals surface area contributed by atoms with Crippen molar-refractivity contribution in [3.05, 3.63) is 46.5 Å². The first kappa shape index (κ1) is 18.2. The Bertz CT molecular complexity index is 858. The van der Waals surface area contributed by atoms with Crippen LogP contribution in [0, 0.1) is 13.8 Å². The summed E-state index contributed by atoms with van der Waals surface area (Å²) < 4.78 is 26.0. The third kappa shape index (κ3) is 4.25. The van der Waals surface area contributed by atoms with Crippen LogP contribution in [-0.4, -0.2) is 41.9 Å². The lowest BCUT2D eigenvalue weighted by atomic mass is 10.1. The average Bonchev–Trinajstić information content (AvgIpc) is 2.80. The quantitative estimate of drug-likeness (QED) is 0.763. The van der Waals surface area contributed by atoms with E-state index in [0.717, 1.165) is 23.2 Å². The fraction of sp³-hybridized carbons (Fsp3) is 0.400. The average molecular weight is 351 g/mol. The minimum absolute atomic E-state index is 0.0233. The largest absolute Gasteiger partial charge is 0.330 e. The number of nitrogens with two attached hydrogens (primary N) is 1. The van der Waals surface area contributed by atoms with E-state index < -0.39 is 10.0 Å². The molecule has 0 unspecified atom stereocenters. The molecule has 24 heavy (non-hydrogen) atoms. The summed E-state index contributed by atoms with van der Waals surface area (Å²) in [5.41, 5.74) is 8.95. The molecule has 8 nitrogen and oxygen atoms in total. The number of hydrogen-bond donors (Lipinski definition) is 2. The predicted molar refractivity (Wildman–Crippen MR) is 90.1 cm³/mol. The Morgan fingerprint density at radius 1 is 1.38 bits per heavy atom. The van der Waals surface area contributed by atoms with Gasteiger partial charge in [-0.05, 0) is 44.5 Å². The van der Waals surface area contributed by atoms with Gasteiger partial charge in [-0.15, -0.1) is 0 Å². The first-order chi connectivity index (χ1) is 11.2. The molecule has 2 rings (SSSR count). The minimum atomic E-state index is -3.33. The zero-order valence-electron chi connectivity index (χ0n) is 13.9. The van der Waals surface area contributed by atoms with E-state index in [1.807, 2.05) is 13.8 Å². The van der Waals surface area contributed by atoms with E-state index in [4.69, 9.17) is 5.73 Å². The van der Waals surface area contributed by atoms with E-state index >= 15 is 0 Å². The molecule has 2 aromatic rings. The van der Waals surface area contributed by atoms with Crippen molar-refractivity contribution in [3.63, 3.8) is 0 Å². The van der Waals surface area contributed by atoms with Gasteiger partial charge in [-0.25, -0.2) is 17.8 Å². The number of rotatable bonds is 6. The van der Waals surface area contributed by atoms with Gasteiger partial charge in [-0.2, -0.15) is 5.10 Å². The highest BCUT2D eigenvalue weighted by atomic mass is 32.2. The second kappa shape index (κ2) is 7.20. The summed E-state index contributed by atoms with van der Waals surface area (Å²) in [4.78, 5) is 16.8. The maximum atomic E-state index is 12.7. The highest BCUT2D eigenvalue weighted by Gasteiger charge is 2.18. The Hall–Kier alpha value is -2.10. The van der Waals surface area contributed by atoms with Gasteiger partial charge in [0, 0.05) is 17.5 Å². The maximum absolute atomic E-state index is 12.7. The fourth-order valence-corrected chi connectivity index (χ4v) is 2.82. The summed E-state index contributed by atoms with van der Waals surface area (Å²) in [5.74, 6) is -0.290. The molecule has 130 valence electrons. The lowest BCUT2D eigenvalue weighted by molar-refractivity contribution is 0.0942. The Morgan fingerprint density at radius 2 is 2.08 bits per heavy atom. The molecule has 0 atom stereocenters. The number of hydrogen-bond acceptors (Lipinski definition) is 6. The van der Waals surface area contributed by atoms with Crippen molar-refractivity contribution in [3.8, 4) is 0 Å². The Labute approximate surface area is 141 Å². The maximum Gasteiger partial charge on any atom is 0.278 e. The summed E-state index contributed by atoms with van der Waals surface area (Å²) in [6.45, 7) is 4.18. The first-order valence-electron chi connectivity index (χ1n) is 7.42. The first-order valence-corrected chi connectivity index (χ1v) is 9.31. The monoisotopic (exact) mass is 351 g/mol. The van der Waals surface area contributed by atoms with Gasteiger partial charge in [0.15, 0.2) is 0 Å². The molecule has 2 heterocycles. The smallest absolute Gasteiger partial charge is 0.278 e. The third-order valence-corrected chi connectivity index (χ3v) is 4.28. The summed E-state index contributed by atoms with van der Waals surface area (Å²) in [7, 11) is -3.33. The third-order valence-electron chi connectivity index (χ3n) is 3.61. The van der Waals surface area contributed by atoms with Crippen molar-refractivity contribution < 1.29 is 13.2 Å². The van der Waals surface area contributed by atoms with Gasteiger partial charge < -0.3 is 5.73 Å². The van der Waals surface area contributed by atoms with Crippen LogP contribution >= 0.6 is 0 Å². The highest BCUT2D eigenvalue weighted by molar-refractivity contribution is 7.88. The lowest BCUT2D eigenvalue weighted by Crippen LogP contribution is -2.22. The van der Waals surface area contributed by atoms with Crippen LogP contribution in [0.3, 0.4) is 0 Å². The van der Waals surface area contributed by atoms with Crippen LogP contribution in [-0.2, 0) is 23.0 Å². The minimum Gasteiger partial charge on any atom is -0.330 e. The number of carbonyl (C=O) groups is 1. The molecule has 0 saturated heterocycles. The molecule has 0 amide bonds. The molecule has 0 spiro atoms. The number of carbonyl (C=O) groups excluding carboxylic acids is 1. The number of nitrogens with one attached hydrogen (secondary N) is 1. The van der Waals surface area contributed by atoms with Crippen molar-refractivity contribution >= 4 is 15.9 Å². The van der Waals surface area contributed by atoms with E-state index in [1.165, 1.54) is 10.9 Å². The summed E-state index contributed by atoms with van der Waals surface area (Å²) in [6.07, 6.45) is 3.20. The summed E-state index contributed by atoms with van der Waals surface area (Å²) >= 11 is 0. The zero-order valence-corrected chi connectivity index (χ0v) is 14.7. The van der Waals surface area contributed by atoms with Crippen molar-refractivity contribution in [1.29, 1.82) is 0 Å². The molecule has 0 aromatic carbocycles. The van der Waals surface area contributed by atoms with Gasteiger partial charge in [0.1, 0.15) is 0 Å². The molecule has 0 aliphatic heterocycles. The number of pyridine rings is 1. The van der Waals surface area contributed by atoms with Crippen LogP contribution in [0.15, 0.2) is 18.3 Å². The topological polar surface area (TPSA) is 120 Å². The SMILES string of the molecule is Cc1nn(C(=O)c2ccnc(CNS(C)(=O)=O)c2)c(C)c1CCN. The summed E-state index contributed by atoms with van der Waals surface area (Å²) in [5, 5.41) is 4.30. The van der Waals surface area contributed by atoms with Gasteiger partial charge in [-0.3, -0.25) is 9.78 Å². The number of aryl methyl sites for hydroxylation is 1. The van der Waals surface area contributed by atoms with E-state index in [1.54, 1.807) is 12.1 Å². The Kier molecular flexibility index (Phi) is 5.47. The molecule has 0 radical (unpaired) electrons. The van der Waals surface area contributed by atoms with Crippen LogP contribution in [0.5, 0.6) is 0 Å². The fourth-order valence-electron chi connectivity index (χ4n) is 2.41. The number of aromatic nitrogens is 3. The standard InChI is InChI=1S/C15H21N5O3S/c1-10-14(4-6-16)11(2)20(19-10)15(21)12-5-7-17-13(8-12)9-18-24(3,22)23/h5,7-8,18H,4,6,9,16H2,1-3H3. The van der Waals surface area contributed by atoms with Gasteiger partial charge in [0.05, 0.1) is 24.2 Å². The molecule has 0 bridgehead atoms. The van der Waals surface area contributed by atoms with Gasteiger partial charge in [0.2, 0.25) is 10.0 Å². The van der Waals surface area contributed by atoms with Crippen molar-refractivity contribution in [2.45, 2.75) is 26.8 Å². The predicted octanol–water partition coefficient (Wildman–Crippen LogP) is 0.134. The van der Waals surface area contributed by atoms with Crippen LogP contribution < -0.4 is 10.5 Å². The molecular formula is C15H21N5O3S. The van der Waals surface area contributed by atoms with Crippen LogP contribution in [0.2, 0.25) is 0 Å². The Balaban J connectivity index is 2.29. The van der Waals surface area contributed by atoms with E-state index in [-0.39, 0.29) is 12.5 Å². The molecule has 0 fully saturated rings. The number of nitrogens with zero attached hydrogens (tertiary/aromatic N) is 3. The lowest BCUT2D eigenvalue weighted by Gasteiger charge is -2.06. The second-order valence-electron chi connectivity index (χ2n) is 5.53. The van der Waals surface area contributed by atoms with E-state index in [0.29, 0.717) is 24.2 Å². The van der Waals surface area contributed by atoms with E-state index in [9.17, 15) is 13.2 Å². The molecule has 9 heteroatoms. The molecule has 0 aliphatic carbocycles. The van der Waals surface area contributed by atoms with Crippen molar-refractivity contribution in [1.82, 2.24) is 19.5 Å². The highest BCUT2D eigenvalue weighted by Crippen LogP contribution is 2.15. The zero-order chi connectivity index (χ0) is 17.9. The van der Waals surface area contributed by atoms with Crippen molar-refractivity contribution in [2.75, 3.05) is 12.8 Å². The van der Waals surface area contributed by atoms with Crippen LogP contribution in [0.1, 0.15) is 33.0 Å². The molecule has 2 aromatic heterocycles. The number of sulfonamides is 1. The molecule has 0 saturated carbocycles. The van der Waals surface area contributed by atoms with Crippen LogP contribution in [0.4, 0.5) is 0 Å². The molecule has 3 N–H and O–H groups in total. The van der Waals surface area contributed by atoms with Gasteiger partial charge >= 0.3 is 0 Å². The molecular weight excluding hydrogens is 330 g/mol. The second-order valence-corrected chi connectivity index (χ2v) is 7.37. The molecule has 0 aliphatic rings. The summed E-state index contributed by atoms with van der Waals surface area (Å²) in [6, 6.07) is 3.13. The normalized spacial score (nSPS) is 11.7. The van der Waals surface area contributed by atoms with E-state index in [2.05, 4.69) is 14.8 Å². The van der Waals surface area contributed by atoms with Gasteiger partial charge in [0.25, 0.3) is 5.91 Å². The van der Waals surface area contributed by atoms with Gasteiger partial charge in [-0.1, -0.05) is 0 Å².